The lowest BCUT2D eigenvalue weighted by Crippen LogP contribution is -2.35. The third kappa shape index (κ3) is 2.43. The number of amides is 2. The first-order valence-electron chi connectivity index (χ1n) is 5.61. The van der Waals surface area contributed by atoms with Crippen molar-refractivity contribution in [1.29, 1.82) is 0 Å². The molecule has 0 saturated heterocycles. The van der Waals surface area contributed by atoms with Gasteiger partial charge in [0.05, 0.1) is 12.2 Å². The predicted octanol–water partition coefficient (Wildman–Crippen LogP) is -0.383. The molecular weight excluding hydrogens is 234 g/mol. The van der Waals surface area contributed by atoms with E-state index in [2.05, 4.69) is 5.32 Å². The molecule has 0 spiro atoms. The van der Waals surface area contributed by atoms with Crippen molar-refractivity contribution >= 4 is 17.5 Å². The molecule has 3 N–H and O–H groups in total. The Morgan fingerprint density at radius 1 is 1.56 bits per heavy atom. The SMILES string of the molecule is CN1C(=O)COc2ccc(CNC(=O)CN)cc21. The Kier molecular flexibility index (Phi) is 3.47. The average molecular weight is 249 g/mol. The van der Waals surface area contributed by atoms with E-state index < -0.39 is 0 Å². The van der Waals surface area contributed by atoms with Gasteiger partial charge in [-0.05, 0) is 17.7 Å². The van der Waals surface area contributed by atoms with Crippen LogP contribution in [0.5, 0.6) is 5.75 Å². The van der Waals surface area contributed by atoms with Crippen LogP contribution in [0.4, 0.5) is 5.69 Å². The summed E-state index contributed by atoms with van der Waals surface area (Å²) in [5.41, 5.74) is 6.81. The maximum atomic E-state index is 11.5. The van der Waals surface area contributed by atoms with Crippen LogP contribution in [0, 0.1) is 0 Å². The molecule has 1 heterocycles. The molecule has 0 aliphatic carbocycles. The Morgan fingerprint density at radius 3 is 3.06 bits per heavy atom. The number of hydrogen-bond acceptors (Lipinski definition) is 4. The van der Waals surface area contributed by atoms with Crippen LogP contribution in [0.3, 0.4) is 0 Å². The standard InChI is InChI=1S/C12H15N3O3/c1-15-9-4-8(6-14-11(16)5-13)2-3-10(9)18-7-12(15)17/h2-4H,5-7,13H2,1H3,(H,14,16). The second kappa shape index (κ2) is 5.05. The largest absolute Gasteiger partial charge is 0.482 e. The number of nitrogens with zero attached hydrogens (tertiary/aromatic N) is 1. The van der Waals surface area contributed by atoms with E-state index in [-0.39, 0.29) is 25.0 Å². The summed E-state index contributed by atoms with van der Waals surface area (Å²) in [5, 5.41) is 2.67. The first-order valence-corrected chi connectivity index (χ1v) is 5.61. The average Bonchev–Trinajstić information content (AvgIpc) is 2.40. The van der Waals surface area contributed by atoms with Gasteiger partial charge in [-0.25, -0.2) is 0 Å². The minimum atomic E-state index is -0.214. The summed E-state index contributed by atoms with van der Waals surface area (Å²) < 4.78 is 5.31. The van der Waals surface area contributed by atoms with E-state index in [0.29, 0.717) is 18.0 Å². The van der Waals surface area contributed by atoms with Crippen molar-refractivity contribution in [3.8, 4) is 5.75 Å². The van der Waals surface area contributed by atoms with Gasteiger partial charge in [0, 0.05) is 13.6 Å². The number of hydrogen-bond donors (Lipinski definition) is 2. The number of carbonyl (C=O) groups is 2. The highest BCUT2D eigenvalue weighted by atomic mass is 16.5. The molecule has 0 unspecified atom stereocenters. The zero-order chi connectivity index (χ0) is 13.1. The number of benzene rings is 1. The number of likely N-dealkylation sites (N-methyl/N-ethyl adjacent to an activating group) is 1. The van der Waals surface area contributed by atoms with Crippen molar-refractivity contribution in [2.24, 2.45) is 5.73 Å². The predicted molar refractivity (Wildman–Crippen MR) is 66.2 cm³/mol. The van der Waals surface area contributed by atoms with Crippen molar-refractivity contribution < 1.29 is 14.3 Å². The molecular formula is C12H15N3O3. The van der Waals surface area contributed by atoms with Gasteiger partial charge in [-0.1, -0.05) is 6.07 Å². The zero-order valence-corrected chi connectivity index (χ0v) is 10.1. The fourth-order valence-corrected chi connectivity index (χ4v) is 1.70. The maximum absolute atomic E-state index is 11.5. The molecule has 6 heteroatoms. The van der Waals surface area contributed by atoms with Crippen molar-refractivity contribution in [2.75, 3.05) is 25.1 Å². The summed E-state index contributed by atoms with van der Waals surface area (Å²) in [7, 11) is 1.70. The fourth-order valence-electron chi connectivity index (χ4n) is 1.70. The quantitative estimate of drug-likeness (QED) is 0.764. The monoisotopic (exact) mass is 249 g/mol. The number of nitrogens with one attached hydrogen (secondary N) is 1. The smallest absolute Gasteiger partial charge is 0.264 e. The van der Waals surface area contributed by atoms with Crippen molar-refractivity contribution in [2.45, 2.75) is 6.54 Å². The van der Waals surface area contributed by atoms with Crippen LogP contribution in [0.15, 0.2) is 18.2 Å². The summed E-state index contributed by atoms with van der Waals surface area (Å²) in [5.74, 6) is 0.366. The number of nitrogens with two attached hydrogens (primary N) is 1. The van der Waals surface area contributed by atoms with E-state index in [1.807, 2.05) is 12.1 Å². The first kappa shape index (κ1) is 12.4. The first-order chi connectivity index (χ1) is 8.61. The Morgan fingerprint density at radius 2 is 2.33 bits per heavy atom. The molecule has 1 aliphatic heterocycles. The highest BCUT2D eigenvalue weighted by molar-refractivity contribution is 5.97. The number of anilines is 1. The van der Waals surface area contributed by atoms with Crippen LogP contribution in [-0.2, 0) is 16.1 Å². The lowest BCUT2D eigenvalue weighted by Gasteiger charge is -2.26. The van der Waals surface area contributed by atoms with Gasteiger partial charge in [-0.2, -0.15) is 0 Å². The molecule has 1 aromatic carbocycles. The van der Waals surface area contributed by atoms with E-state index >= 15 is 0 Å². The maximum Gasteiger partial charge on any atom is 0.264 e. The summed E-state index contributed by atoms with van der Waals surface area (Å²) in [6, 6.07) is 5.46. The minimum absolute atomic E-state index is 0.0353. The van der Waals surface area contributed by atoms with E-state index in [4.69, 9.17) is 10.5 Å². The number of fused-ring (bicyclic) bond motifs is 1. The molecule has 1 aromatic rings. The Balaban J connectivity index is 2.16. The molecule has 6 nitrogen and oxygen atoms in total. The summed E-state index contributed by atoms with van der Waals surface area (Å²) in [6.45, 7) is 0.407. The fraction of sp³-hybridized carbons (Fsp3) is 0.333. The Bertz CT molecular complexity index is 487. The molecule has 96 valence electrons. The molecule has 0 bridgehead atoms. The van der Waals surface area contributed by atoms with Gasteiger partial charge >= 0.3 is 0 Å². The molecule has 0 saturated carbocycles. The molecule has 0 fully saturated rings. The minimum Gasteiger partial charge on any atom is -0.482 e. The number of carbonyl (C=O) groups excluding carboxylic acids is 2. The Hall–Kier alpha value is -2.08. The second-order valence-electron chi connectivity index (χ2n) is 4.02. The highest BCUT2D eigenvalue weighted by Crippen LogP contribution is 2.31. The molecule has 0 atom stereocenters. The summed E-state index contributed by atoms with van der Waals surface area (Å²) in [6.07, 6.45) is 0. The van der Waals surface area contributed by atoms with Gasteiger partial charge < -0.3 is 20.7 Å². The van der Waals surface area contributed by atoms with Crippen LogP contribution >= 0.6 is 0 Å². The number of rotatable bonds is 3. The third-order valence-corrected chi connectivity index (χ3v) is 2.79. The summed E-state index contributed by atoms with van der Waals surface area (Å²) in [4.78, 5) is 24.1. The summed E-state index contributed by atoms with van der Waals surface area (Å²) >= 11 is 0. The third-order valence-electron chi connectivity index (χ3n) is 2.79. The van der Waals surface area contributed by atoms with Gasteiger partial charge in [0.1, 0.15) is 5.75 Å². The van der Waals surface area contributed by atoms with E-state index in [0.717, 1.165) is 5.56 Å². The normalized spacial score (nSPS) is 13.9. The highest BCUT2D eigenvalue weighted by Gasteiger charge is 2.22. The molecule has 2 rings (SSSR count). The molecule has 2 amide bonds. The van der Waals surface area contributed by atoms with Crippen LogP contribution in [0.2, 0.25) is 0 Å². The van der Waals surface area contributed by atoms with E-state index in [1.54, 1.807) is 18.0 Å². The van der Waals surface area contributed by atoms with Crippen LogP contribution in [0.25, 0.3) is 0 Å². The topological polar surface area (TPSA) is 84.7 Å². The molecule has 1 aliphatic rings. The van der Waals surface area contributed by atoms with E-state index in [1.165, 1.54) is 0 Å². The van der Waals surface area contributed by atoms with Gasteiger partial charge in [0.2, 0.25) is 5.91 Å². The van der Waals surface area contributed by atoms with E-state index in [9.17, 15) is 9.59 Å². The number of ether oxygens (including phenoxy) is 1. The van der Waals surface area contributed by atoms with Crippen LogP contribution in [0.1, 0.15) is 5.56 Å². The second-order valence-corrected chi connectivity index (χ2v) is 4.02. The van der Waals surface area contributed by atoms with Gasteiger partial charge in [-0.3, -0.25) is 9.59 Å². The van der Waals surface area contributed by atoms with Crippen LogP contribution < -0.4 is 20.7 Å². The van der Waals surface area contributed by atoms with Crippen molar-refractivity contribution in [3.63, 3.8) is 0 Å². The van der Waals surface area contributed by atoms with Gasteiger partial charge in [0.15, 0.2) is 6.61 Å². The lowest BCUT2D eigenvalue weighted by molar-refractivity contribution is -0.121. The van der Waals surface area contributed by atoms with Crippen molar-refractivity contribution in [1.82, 2.24) is 5.32 Å². The van der Waals surface area contributed by atoms with Gasteiger partial charge in [0.25, 0.3) is 5.91 Å². The molecule has 0 radical (unpaired) electrons. The molecule has 18 heavy (non-hydrogen) atoms. The van der Waals surface area contributed by atoms with Gasteiger partial charge in [-0.15, -0.1) is 0 Å². The van der Waals surface area contributed by atoms with Crippen molar-refractivity contribution in [3.05, 3.63) is 23.8 Å². The zero-order valence-electron chi connectivity index (χ0n) is 10.1. The lowest BCUT2D eigenvalue weighted by atomic mass is 10.1. The molecule has 0 aromatic heterocycles. The van der Waals surface area contributed by atoms with Crippen LogP contribution in [-0.4, -0.2) is 32.0 Å². The Labute approximate surface area is 105 Å².